The molecule has 18 heavy (non-hydrogen) atoms. The van der Waals surface area contributed by atoms with Gasteiger partial charge in [0.15, 0.2) is 0 Å². The second-order valence-corrected chi connectivity index (χ2v) is 6.35. The lowest BCUT2D eigenvalue weighted by Crippen LogP contribution is -2.32. The molecule has 0 aliphatic heterocycles. The zero-order valence-electron chi connectivity index (χ0n) is 11.8. The van der Waals surface area contributed by atoms with E-state index < -0.39 is 5.60 Å². The Morgan fingerprint density at radius 3 is 2.22 bits per heavy atom. The van der Waals surface area contributed by atoms with E-state index in [1.807, 2.05) is 18.2 Å². The third-order valence-electron chi connectivity index (χ3n) is 2.98. The van der Waals surface area contributed by atoms with Gasteiger partial charge >= 0.3 is 8.69 Å². The van der Waals surface area contributed by atoms with Crippen LogP contribution in [0.1, 0.15) is 52.5 Å². The van der Waals surface area contributed by atoms with E-state index in [9.17, 15) is 4.57 Å². The summed E-state index contributed by atoms with van der Waals surface area (Å²) in [5, 5.41) is 0. The molecule has 0 radical (unpaired) electrons. The van der Waals surface area contributed by atoms with Crippen LogP contribution in [0.15, 0.2) is 30.3 Å². The van der Waals surface area contributed by atoms with E-state index >= 15 is 0 Å². The molecule has 0 spiro atoms. The highest BCUT2D eigenvalue weighted by Gasteiger charge is 2.37. The SMILES string of the molecule is CCCC(CC(C)(C)C)(OP=O)c1ccccc1. The lowest BCUT2D eigenvalue weighted by atomic mass is 9.76. The second-order valence-electron chi connectivity index (χ2n) is 6.01. The van der Waals surface area contributed by atoms with Crippen LogP contribution >= 0.6 is 8.69 Å². The van der Waals surface area contributed by atoms with E-state index in [2.05, 4.69) is 39.8 Å². The van der Waals surface area contributed by atoms with Gasteiger partial charge in [-0.1, -0.05) is 64.4 Å². The van der Waals surface area contributed by atoms with Gasteiger partial charge in [-0.3, -0.25) is 4.52 Å². The van der Waals surface area contributed by atoms with E-state index in [1.165, 1.54) is 0 Å². The maximum absolute atomic E-state index is 11.0. The van der Waals surface area contributed by atoms with Gasteiger partial charge in [0.1, 0.15) is 5.60 Å². The first-order valence-corrected chi connectivity index (χ1v) is 7.23. The van der Waals surface area contributed by atoms with E-state index in [1.54, 1.807) is 0 Å². The minimum absolute atomic E-state index is 0.121. The molecule has 2 nitrogen and oxygen atoms in total. The molecule has 0 aliphatic rings. The van der Waals surface area contributed by atoms with Crippen LogP contribution in [0.2, 0.25) is 0 Å². The first-order valence-electron chi connectivity index (χ1n) is 6.50. The average Bonchev–Trinajstić information content (AvgIpc) is 2.28. The smallest absolute Gasteiger partial charge is 0.283 e. The zero-order valence-corrected chi connectivity index (χ0v) is 12.7. The fourth-order valence-corrected chi connectivity index (χ4v) is 2.94. The van der Waals surface area contributed by atoms with Crippen LogP contribution in [-0.2, 0) is 14.7 Å². The highest BCUT2D eigenvalue weighted by atomic mass is 31.1. The maximum atomic E-state index is 11.0. The molecule has 1 aromatic carbocycles. The lowest BCUT2D eigenvalue weighted by molar-refractivity contribution is 0.0263. The molecule has 0 fully saturated rings. The highest BCUT2D eigenvalue weighted by molar-refractivity contribution is 7.17. The first kappa shape index (κ1) is 15.3. The summed E-state index contributed by atoms with van der Waals surface area (Å²) in [7, 11) is -0.243. The summed E-state index contributed by atoms with van der Waals surface area (Å²) in [6.07, 6.45) is 2.73. The van der Waals surface area contributed by atoms with Crippen LogP contribution in [0.4, 0.5) is 0 Å². The van der Waals surface area contributed by atoms with Crippen molar-refractivity contribution in [3.8, 4) is 0 Å². The number of hydrogen-bond acceptors (Lipinski definition) is 2. The Morgan fingerprint density at radius 1 is 1.17 bits per heavy atom. The van der Waals surface area contributed by atoms with Gasteiger partial charge in [-0.25, -0.2) is 4.57 Å². The van der Waals surface area contributed by atoms with Gasteiger partial charge in [0, 0.05) is 0 Å². The number of benzene rings is 1. The Kier molecular flexibility index (Phi) is 5.49. The predicted molar refractivity (Wildman–Crippen MR) is 75.8 cm³/mol. The zero-order chi connectivity index (χ0) is 13.6. The average molecular weight is 266 g/mol. The van der Waals surface area contributed by atoms with Crippen LogP contribution in [0.3, 0.4) is 0 Å². The fourth-order valence-electron chi connectivity index (χ4n) is 2.54. The standard InChI is InChI=1S/C15H23O2P/c1-5-11-15(17-18-16,12-14(2,3)4)13-9-7-6-8-10-13/h6-10H,5,11-12H2,1-4H3. The van der Waals surface area contributed by atoms with Crippen molar-refractivity contribution < 1.29 is 9.09 Å². The summed E-state index contributed by atoms with van der Waals surface area (Å²) in [5.41, 5.74) is 0.790. The van der Waals surface area contributed by atoms with Gasteiger partial charge in [-0.05, 0) is 23.8 Å². The first-order chi connectivity index (χ1) is 8.43. The third kappa shape index (κ3) is 4.19. The van der Waals surface area contributed by atoms with Gasteiger partial charge in [0.25, 0.3) is 0 Å². The van der Waals surface area contributed by atoms with Crippen molar-refractivity contribution >= 4 is 8.69 Å². The van der Waals surface area contributed by atoms with Gasteiger partial charge < -0.3 is 0 Å². The van der Waals surface area contributed by atoms with Crippen molar-refractivity contribution in [2.75, 3.05) is 0 Å². The molecule has 0 aliphatic carbocycles. The van der Waals surface area contributed by atoms with Crippen molar-refractivity contribution in [3.63, 3.8) is 0 Å². The Morgan fingerprint density at radius 2 is 1.78 bits per heavy atom. The Hall–Kier alpha value is -0.720. The molecule has 1 atom stereocenters. The maximum Gasteiger partial charge on any atom is 0.328 e. The summed E-state index contributed by atoms with van der Waals surface area (Å²) in [6, 6.07) is 10.1. The Labute approximate surface area is 112 Å². The van der Waals surface area contributed by atoms with Crippen LogP contribution in [0.5, 0.6) is 0 Å². The topological polar surface area (TPSA) is 26.3 Å². The molecule has 0 heterocycles. The number of hydrogen-bond donors (Lipinski definition) is 0. The molecule has 0 bridgehead atoms. The monoisotopic (exact) mass is 266 g/mol. The molecule has 100 valence electrons. The van der Waals surface area contributed by atoms with Crippen molar-refractivity contribution in [3.05, 3.63) is 35.9 Å². The lowest BCUT2D eigenvalue weighted by Gasteiger charge is -2.36. The summed E-state index contributed by atoms with van der Waals surface area (Å²) in [4.78, 5) is 0. The summed E-state index contributed by atoms with van der Waals surface area (Å²) in [5.74, 6) is 0. The molecule has 0 saturated carbocycles. The minimum atomic E-state index is -0.447. The van der Waals surface area contributed by atoms with Crippen LogP contribution in [0, 0.1) is 5.41 Å². The fraction of sp³-hybridized carbons (Fsp3) is 0.600. The van der Waals surface area contributed by atoms with Crippen LogP contribution in [0.25, 0.3) is 0 Å². The van der Waals surface area contributed by atoms with Gasteiger partial charge in [-0.15, -0.1) is 0 Å². The van der Waals surface area contributed by atoms with Crippen LogP contribution < -0.4 is 0 Å². The number of rotatable bonds is 6. The highest BCUT2D eigenvalue weighted by Crippen LogP contribution is 2.43. The van der Waals surface area contributed by atoms with Crippen molar-refractivity contribution in [2.24, 2.45) is 5.41 Å². The van der Waals surface area contributed by atoms with Crippen LogP contribution in [-0.4, -0.2) is 0 Å². The van der Waals surface area contributed by atoms with Gasteiger partial charge in [0.2, 0.25) is 0 Å². The van der Waals surface area contributed by atoms with Crippen molar-refractivity contribution in [1.82, 2.24) is 0 Å². The summed E-state index contributed by atoms with van der Waals surface area (Å²) in [6.45, 7) is 8.69. The molecule has 0 amide bonds. The Balaban J connectivity index is 3.16. The predicted octanol–water partition coefficient (Wildman–Crippen LogP) is 5.34. The summed E-state index contributed by atoms with van der Waals surface area (Å²) >= 11 is 0. The molecule has 3 heteroatoms. The molecule has 0 saturated heterocycles. The van der Waals surface area contributed by atoms with Crippen molar-refractivity contribution in [2.45, 2.75) is 52.6 Å². The van der Waals surface area contributed by atoms with Crippen molar-refractivity contribution in [1.29, 1.82) is 0 Å². The third-order valence-corrected chi connectivity index (χ3v) is 3.41. The van der Waals surface area contributed by atoms with E-state index in [4.69, 9.17) is 4.52 Å². The normalized spacial score (nSPS) is 15.6. The second kappa shape index (κ2) is 6.45. The molecule has 0 N–H and O–H groups in total. The minimum Gasteiger partial charge on any atom is -0.283 e. The van der Waals surface area contributed by atoms with Gasteiger partial charge in [0.05, 0.1) is 0 Å². The molecule has 1 unspecified atom stereocenters. The largest absolute Gasteiger partial charge is 0.328 e. The molecule has 0 aromatic heterocycles. The van der Waals surface area contributed by atoms with Gasteiger partial charge in [-0.2, -0.15) is 0 Å². The quantitative estimate of drug-likeness (QED) is 0.649. The van der Waals surface area contributed by atoms with E-state index in [0.717, 1.165) is 24.8 Å². The van der Waals surface area contributed by atoms with E-state index in [0.29, 0.717) is 0 Å². The molecule has 1 rings (SSSR count). The Bertz CT molecular complexity index is 370. The molecule has 1 aromatic rings. The molecular weight excluding hydrogens is 243 g/mol. The summed E-state index contributed by atoms with van der Waals surface area (Å²) < 4.78 is 16.7. The molecular formula is C15H23O2P. The van der Waals surface area contributed by atoms with E-state index in [-0.39, 0.29) is 14.1 Å².